The van der Waals surface area contributed by atoms with Crippen molar-refractivity contribution in [3.63, 3.8) is 0 Å². The van der Waals surface area contributed by atoms with Gasteiger partial charge in [-0.05, 0) is 49.1 Å². The Morgan fingerprint density at radius 3 is 2.77 bits per heavy atom. The number of benzene rings is 2. The lowest BCUT2D eigenvalue weighted by atomic mass is 9.89. The molecule has 244 valence electrons. The number of nitrogens with zero attached hydrogens (tertiary/aromatic N) is 5. The number of amides is 1. The number of nitrogens with two attached hydrogens (primary N) is 1. The molecular formula is C34H33ClF2N6O3S. The smallest absolute Gasteiger partial charge is 0.319 e. The van der Waals surface area contributed by atoms with E-state index in [2.05, 4.69) is 17.9 Å². The Morgan fingerprint density at radius 1 is 1.13 bits per heavy atom. The zero-order valence-corrected chi connectivity index (χ0v) is 27.4. The third kappa shape index (κ3) is 4.84. The zero-order chi connectivity index (χ0) is 32.6. The lowest BCUT2D eigenvalue weighted by Crippen LogP contribution is -2.41. The minimum Gasteiger partial charge on any atom is -0.489 e. The van der Waals surface area contributed by atoms with Crippen molar-refractivity contribution in [1.29, 1.82) is 5.26 Å². The van der Waals surface area contributed by atoms with Crippen LogP contribution in [0.3, 0.4) is 0 Å². The number of aromatic nitrogens is 2. The number of carbonyl (C=O) groups is 1. The molecule has 2 N–H and O–H groups in total. The number of thiophene rings is 1. The van der Waals surface area contributed by atoms with Crippen molar-refractivity contribution in [2.24, 2.45) is 11.8 Å². The number of nitriles is 1. The highest BCUT2D eigenvalue weighted by Gasteiger charge is 2.39. The topological polar surface area (TPSA) is 118 Å². The second kappa shape index (κ2) is 11.6. The summed E-state index contributed by atoms with van der Waals surface area (Å²) in [5.41, 5.74) is 6.28. The number of hydrogen-bond donors (Lipinski definition) is 1. The molecule has 2 aromatic heterocycles. The van der Waals surface area contributed by atoms with Crippen LogP contribution < -0.4 is 20.1 Å². The Kier molecular flexibility index (Phi) is 7.52. The number of ether oxygens (including phenoxy) is 2. The SMILES string of the molecule is CC1CCCC1C1CCCC(=O)N2CCC(C2)N2CCOc3c(Cl)c(-c4ccc(F)c5sc(N)c(C#N)c45)c(F)c4nc(nc2c34)O1. The van der Waals surface area contributed by atoms with Crippen molar-refractivity contribution in [2.75, 3.05) is 36.9 Å². The monoisotopic (exact) mass is 678 g/mol. The molecule has 4 unspecified atom stereocenters. The fourth-order valence-electron chi connectivity index (χ4n) is 8.14. The van der Waals surface area contributed by atoms with Gasteiger partial charge < -0.3 is 25.0 Å². The van der Waals surface area contributed by atoms with Crippen LogP contribution >= 0.6 is 22.9 Å². The summed E-state index contributed by atoms with van der Waals surface area (Å²) in [7, 11) is 0. The minimum absolute atomic E-state index is 0.0317. The maximum Gasteiger partial charge on any atom is 0.319 e. The first-order chi connectivity index (χ1) is 22.7. The maximum absolute atomic E-state index is 17.2. The molecule has 13 heteroatoms. The van der Waals surface area contributed by atoms with E-state index in [0.29, 0.717) is 56.0 Å². The summed E-state index contributed by atoms with van der Waals surface area (Å²) in [5.74, 6) is 0.147. The summed E-state index contributed by atoms with van der Waals surface area (Å²) < 4.78 is 45.3. The number of anilines is 2. The molecule has 47 heavy (non-hydrogen) atoms. The number of halogens is 3. The van der Waals surface area contributed by atoms with Gasteiger partial charge in [-0.15, -0.1) is 11.3 Å². The Hall–Kier alpha value is -3.95. The van der Waals surface area contributed by atoms with Gasteiger partial charge in [-0.2, -0.15) is 15.2 Å². The van der Waals surface area contributed by atoms with Gasteiger partial charge in [-0.3, -0.25) is 4.79 Å². The molecular weight excluding hydrogens is 646 g/mol. The minimum atomic E-state index is -0.757. The third-order valence-corrected chi connectivity index (χ3v) is 11.9. The average molecular weight is 679 g/mol. The molecule has 4 atom stereocenters. The van der Waals surface area contributed by atoms with Crippen LogP contribution in [0.1, 0.15) is 57.4 Å². The largest absolute Gasteiger partial charge is 0.489 e. The average Bonchev–Trinajstić information content (AvgIpc) is 3.76. The van der Waals surface area contributed by atoms with Crippen LogP contribution in [0.25, 0.3) is 32.1 Å². The molecule has 9 nitrogen and oxygen atoms in total. The third-order valence-electron chi connectivity index (χ3n) is 10.5. The van der Waals surface area contributed by atoms with E-state index in [9.17, 15) is 14.4 Å². The summed E-state index contributed by atoms with van der Waals surface area (Å²) >= 11 is 7.98. The molecule has 4 bridgehead atoms. The predicted molar refractivity (Wildman–Crippen MR) is 177 cm³/mol. The lowest BCUT2D eigenvalue weighted by Gasteiger charge is -2.30. The van der Waals surface area contributed by atoms with E-state index >= 15 is 4.39 Å². The van der Waals surface area contributed by atoms with Crippen molar-refractivity contribution in [3.05, 3.63) is 34.4 Å². The van der Waals surface area contributed by atoms with Gasteiger partial charge in [0.05, 0.1) is 27.2 Å². The molecule has 4 aromatic rings. The molecule has 3 aliphatic heterocycles. The Morgan fingerprint density at radius 2 is 1.98 bits per heavy atom. The number of carbonyl (C=O) groups excluding carboxylic acids is 1. The molecule has 2 aromatic carbocycles. The van der Waals surface area contributed by atoms with E-state index in [-0.39, 0.29) is 84.7 Å². The summed E-state index contributed by atoms with van der Waals surface area (Å²) in [5, 5.41) is 10.5. The van der Waals surface area contributed by atoms with Crippen LogP contribution in [0.15, 0.2) is 12.1 Å². The van der Waals surface area contributed by atoms with E-state index in [1.54, 1.807) is 0 Å². The molecule has 0 spiro atoms. The first-order valence-electron chi connectivity index (χ1n) is 16.2. The van der Waals surface area contributed by atoms with Crippen LogP contribution in [0.4, 0.5) is 19.6 Å². The first-order valence-corrected chi connectivity index (χ1v) is 17.4. The number of fused-ring (bicyclic) bond motifs is 5. The summed E-state index contributed by atoms with van der Waals surface area (Å²) in [4.78, 5) is 26.9. The molecule has 1 amide bonds. The van der Waals surface area contributed by atoms with Crippen molar-refractivity contribution >= 4 is 60.7 Å². The highest BCUT2D eigenvalue weighted by Crippen LogP contribution is 2.51. The zero-order valence-electron chi connectivity index (χ0n) is 25.8. The van der Waals surface area contributed by atoms with Gasteiger partial charge in [0, 0.05) is 36.5 Å². The van der Waals surface area contributed by atoms with Crippen molar-refractivity contribution < 1.29 is 23.0 Å². The van der Waals surface area contributed by atoms with Gasteiger partial charge in [0.25, 0.3) is 0 Å². The predicted octanol–water partition coefficient (Wildman–Crippen LogP) is 7.06. The Labute approximate surface area is 279 Å². The maximum atomic E-state index is 17.2. The standard InChI is InChI=1S/C34H33ClF2N6O3S/c1-16-4-2-5-18(16)22-6-3-7-23(44)42-11-10-17(15-42)43-12-13-45-30-26-29(40-34(46-22)41-33(26)43)28(37)25(27(30)35)19-8-9-21(36)31-24(19)20(14-38)32(39)47-31/h8-9,16-18,22H,2-7,10-13,15,39H2,1H3. The summed E-state index contributed by atoms with van der Waals surface area (Å²) in [6, 6.07) is 4.67. The fraction of sp³-hybridized carbons (Fsp3) is 0.471. The normalized spacial score (nSPS) is 24.4. The molecule has 1 aliphatic carbocycles. The molecule has 0 radical (unpaired) electrons. The van der Waals surface area contributed by atoms with Crippen molar-refractivity contribution in [2.45, 2.75) is 64.0 Å². The van der Waals surface area contributed by atoms with E-state index in [1.807, 2.05) is 4.90 Å². The van der Waals surface area contributed by atoms with E-state index in [4.69, 9.17) is 36.8 Å². The molecule has 5 heterocycles. The van der Waals surface area contributed by atoms with Gasteiger partial charge in [-0.25, -0.2) is 8.78 Å². The Bertz CT molecular complexity index is 2000. The van der Waals surface area contributed by atoms with Crippen LogP contribution in [0.2, 0.25) is 5.02 Å². The van der Waals surface area contributed by atoms with Gasteiger partial charge in [-0.1, -0.05) is 37.4 Å². The summed E-state index contributed by atoms with van der Waals surface area (Å²) in [6.45, 7) is 4.02. The van der Waals surface area contributed by atoms with E-state index in [0.717, 1.165) is 37.0 Å². The number of rotatable bonds is 2. The number of hydrogen-bond acceptors (Lipinski definition) is 9. The lowest BCUT2D eigenvalue weighted by molar-refractivity contribution is -0.130. The highest BCUT2D eigenvalue weighted by molar-refractivity contribution is 7.23. The van der Waals surface area contributed by atoms with Gasteiger partial charge in [0.2, 0.25) is 5.91 Å². The van der Waals surface area contributed by atoms with Crippen LogP contribution in [0.5, 0.6) is 11.8 Å². The molecule has 2 fully saturated rings. The number of nitrogen functional groups attached to an aromatic ring is 1. The van der Waals surface area contributed by atoms with Crippen LogP contribution in [0, 0.1) is 34.8 Å². The Balaban J connectivity index is 1.39. The molecule has 8 rings (SSSR count). The van der Waals surface area contributed by atoms with Gasteiger partial charge in [0.1, 0.15) is 40.9 Å². The summed E-state index contributed by atoms with van der Waals surface area (Å²) in [6.07, 6.45) is 5.45. The van der Waals surface area contributed by atoms with Crippen LogP contribution in [-0.4, -0.2) is 59.2 Å². The molecule has 1 saturated carbocycles. The van der Waals surface area contributed by atoms with Crippen molar-refractivity contribution in [1.82, 2.24) is 14.9 Å². The van der Waals surface area contributed by atoms with Crippen LogP contribution in [-0.2, 0) is 4.79 Å². The first kappa shape index (κ1) is 30.4. The van der Waals surface area contributed by atoms with Crippen molar-refractivity contribution in [3.8, 4) is 29.0 Å². The van der Waals surface area contributed by atoms with Gasteiger partial charge in [0.15, 0.2) is 11.6 Å². The van der Waals surface area contributed by atoms with E-state index in [1.165, 1.54) is 12.1 Å². The molecule has 1 saturated heterocycles. The second-order valence-corrected chi connectivity index (χ2v) is 14.5. The quantitative estimate of drug-likeness (QED) is 0.239. The van der Waals surface area contributed by atoms with Gasteiger partial charge >= 0.3 is 6.01 Å². The van der Waals surface area contributed by atoms with E-state index < -0.39 is 11.6 Å². The highest BCUT2D eigenvalue weighted by atomic mass is 35.5. The second-order valence-electron chi connectivity index (χ2n) is 13.1. The fourth-order valence-corrected chi connectivity index (χ4v) is 9.42. The molecule has 4 aliphatic rings.